The average Bonchev–Trinajstić information content (AvgIpc) is 2.68. The van der Waals surface area contributed by atoms with Gasteiger partial charge in [-0.25, -0.2) is 0 Å². The third kappa shape index (κ3) is 6.27. The summed E-state index contributed by atoms with van der Waals surface area (Å²) in [5.74, 6) is -0.0637. The SMILES string of the molecule is CC[C@@H](Oc1ccc(Cl)cc1)C(=O)Nc1ccccc1C(=O)NCCOC. The minimum Gasteiger partial charge on any atom is -0.481 e. The van der Waals surface area contributed by atoms with Crippen LogP contribution in [-0.4, -0.2) is 38.2 Å². The Kier molecular flexibility index (Phi) is 8.10. The number of hydrogen-bond donors (Lipinski definition) is 2. The smallest absolute Gasteiger partial charge is 0.265 e. The minimum atomic E-state index is -0.698. The van der Waals surface area contributed by atoms with E-state index in [2.05, 4.69) is 10.6 Å². The number of rotatable bonds is 9. The van der Waals surface area contributed by atoms with Gasteiger partial charge in [-0.05, 0) is 42.8 Å². The molecule has 2 aromatic carbocycles. The van der Waals surface area contributed by atoms with Crippen LogP contribution >= 0.6 is 11.6 Å². The summed E-state index contributed by atoms with van der Waals surface area (Å²) in [7, 11) is 1.56. The van der Waals surface area contributed by atoms with E-state index in [0.717, 1.165) is 0 Å². The molecule has 2 aromatic rings. The fraction of sp³-hybridized carbons (Fsp3) is 0.300. The molecular formula is C20H23ClN2O4. The first-order chi connectivity index (χ1) is 13.0. The molecule has 1 atom stereocenters. The number of nitrogens with one attached hydrogen (secondary N) is 2. The quantitative estimate of drug-likeness (QED) is 0.642. The Morgan fingerprint density at radius 3 is 2.48 bits per heavy atom. The number of anilines is 1. The molecule has 0 radical (unpaired) electrons. The summed E-state index contributed by atoms with van der Waals surface area (Å²) in [6.45, 7) is 2.64. The first-order valence-electron chi connectivity index (χ1n) is 8.64. The van der Waals surface area contributed by atoms with Crippen LogP contribution in [0.3, 0.4) is 0 Å². The van der Waals surface area contributed by atoms with Crippen LogP contribution in [-0.2, 0) is 9.53 Å². The molecule has 0 aliphatic rings. The monoisotopic (exact) mass is 390 g/mol. The van der Waals surface area contributed by atoms with Gasteiger partial charge in [0.05, 0.1) is 17.9 Å². The van der Waals surface area contributed by atoms with Crippen molar-refractivity contribution < 1.29 is 19.1 Å². The maximum atomic E-state index is 12.6. The molecule has 0 aliphatic heterocycles. The average molecular weight is 391 g/mol. The van der Waals surface area contributed by atoms with Gasteiger partial charge in [0.1, 0.15) is 5.75 Å². The third-order valence-corrected chi connectivity index (χ3v) is 4.03. The van der Waals surface area contributed by atoms with Gasteiger partial charge >= 0.3 is 0 Å². The van der Waals surface area contributed by atoms with Crippen LogP contribution in [0.15, 0.2) is 48.5 Å². The molecule has 7 heteroatoms. The highest BCUT2D eigenvalue weighted by Gasteiger charge is 2.21. The Bertz CT molecular complexity index is 765. The molecule has 0 aromatic heterocycles. The van der Waals surface area contributed by atoms with E-state index in [9.17, 15) is 9.59 Å². The largest absolute Gasteiger partial charge is 0.481 e. The molecule has 0 heterocycles. The van der Waals surface area contributed by atoms with E-state index in [4.69, 9.17) is 21.1 Å². The number of hydrogen-bond acceptors (Lipinski definition) is 4. The molecule has 0 saturated heterocycles. The lowest BCUT2D eigenvalue weighted by molar-refractivity contribution is -0.122. The van der Waals surface area contributed by atoms with Gasteiger partial charge in [-0.15, -0.1) is 0 Å². The normalized spacial score (nSPS) is 11.5. The van der Waals surface area contributed by atoms with Crippen LogP contribution in [0.4, 0.5) is 5.69 Å². The van der Waals surface area contributed by atoms with Crippen molar-refractivity contribution in [3.05, 3.63) is 59.1 Å². The van der Waals surface area contributed by atoms with Crippen LogP contribution in [0.5, 0.6) is 5.75 Å². The first kappa shape index (κ1) is 20.7. The number of carbonyl (C=O) groups is 2. The highest BCUT2D eigenvalue weighted by Crippen LogP contribution is 2.20. The van der Waals surface area contributed by atoms with Gasteiger partial charge in [-0.1, -0.05) is 30.7 Å². The zero-order valence-electron chi connectivity index (χ0n) is 15.3. The van der Waals surface area contributed by atoms with Gasteiger partial charge in [-0.2, -0.15) is 0 Å². The molecule has 0 fully saturated rings. The third-order valence-electron chi connectivity index (χ3n) is 3.78. The fourth-order valence-corrected chi connectivity index (χ4v) is 2.49. The van der Waals surface area contributed by atoms with Crippen LogP contribution in [0.2, 0.25) is 5.02 Å². The Morgan fingerprint density at radius 2 is 1.81 bits per heavy atom. The second-order valence-corrected chi connectivity index (χ2v) is 6.19. The molecule has 2 amide bonds. The minimum absolute atomic E-state index is 0.283. The van der Waals surface area contributed by atoms with Gasteiger partial charge in [0, 0.05) is 18.7 Å². The van der Waals surface area contributed by atoms with E-state index >= 15 is 0 Å². The standard InChI is InChI=1S/C20H23ClN2O4/c1-3-18(27-15-10-8-14(21)9-11-15)20(25)23-17-7-5-4-6-16(17)19(24)22-12-13-26-2/h4-11,18H,3,12-13H2,1-2H3,(H,22,24)(H,23,25)/t18-/m1/s1. The summed E-state index contributed by atoms with van der Waals surface area (Å²) in [5.41, 5.74) is 0.805. The zero-order valence-corrected chi connectivity index (χ0v) is 16.1. The number of para-hydroxylation sites is 1. The van der Waals surface area contributed by atoms with Gasteiger partial charge in [0.2, 0.25) is 0 Å². The summed E-state index contributed by atoms with van der Waals surface area (Å²) in [6, 6.07) is 13.6. The molecule has 27 heavy (non-hydrogen) atoms. The van der Waals surface area contributed by atoms with E-state index < -0.39 is 6.10 Å². The lowest BCUT2D eigenvalue weighted by Gasteiger charge is -2.18. The Labute approximate surface area is 163 Å². The maximum Gasteiger partial charge on any atom is 0.265 e. The molecule has 0 unspecified atom stereocenters. The van der Waals surface area contributed by atoms with Gasteiger partial charge in [0.15, 0.2) is 6.10 Å². The Hall–Kier alpha value is -2.57. The Morgan fingerprint density at radius 1 is 1.11 bits per heavy atom. The zero-order chi connectivity index (χ0) is 19.6. The van der Waals surface area contributed by atoms with Crippen molar-refractivity contribution in [2.45, 2.75) is 19.4 Å². The van der Waals surface area contributed by atoms with Crippen molar-refractivity contribution in [1.82, 2.24) is 5.32 Å². The van der Waals surface area contributed by atoms with Crippen molar-refractivity contribution in [3.63, 3.8) is 0 Å². The summed E-state index contributed by atoms with van der Waals surface area (Å²) in [4.78, 5) is 25.0. The lowest BCUT2D eigenvalue weighted by atomic mass is 10.1. The lowest BCUT2D eigenvalue weighted by Crippen LogP contribution is -2.34. The predicted molar refractivity (Wildman–Crippen MR) is 105 cm³/mol. The van der Waals surface area contributed by atoms with Crippen molar-refractivity contribution in [2.24, 2.45) is 0 Å². The van der Waals surface area contributed by atoms with Crippen LogP contribution in [0.25, 0.3) is 0 Å². The van der Waals surface area contributed by atoms with Crippen LogP contribution in [0.1, 0.15) is 23.7 Å². The van der Waals surface area contributed by atoms with E-state index in [-0.39, 0.29) is 11.8 Å². The van der Waals surface area contributed by atoms with Crippen molar-refractivity contribution in [2.75, 3.05) is 25.6 Å². The topological polar surface area (TPSA) is 76.7 Å². The number of carbonyl (C=O) groups excluding carboxylic acids is 2. The summed E-state index contributed by atoms with van der Waals surface area (Å²) < 4.78 is 10.7. The molecule has 0 spiro atoms. The molecule has 144 valence electrons. The number of halogens is 1. The fourth-order valence-electron chi connectivity index (χ4n) is 2.36. The summed E-state index contributed by atoms with van der Waals surface area (Å²) in [6.07, 6.45) is -0.229. The van der Waals surface area contributed by atoms with E-state index in [1.54, 1.807) is 55.6 Å². The van der Waals surface area contributed by atoms with Gasteiger partial charge < -0.3 is 20.1 Å². The molecule has 2 rings (SSSR count). The predicted octanol–water partition coefficient (Wildman–Crippen LogP) is 3.51. The molecular weight excluding hydrogens is 368 g/mol. The number of methoxy groups -OCH3 is 1. The Balaban J connectivity index is 2.07. The number of ether oxygens (including phenoxy) is 2. The molecule has 0 saturated carbocycles. The highest BCUT2D eigenvalue weighted by molar-refractivity contribution is 6.30. The second kappa shape index (κ2) is 10.5. The number of amides is 2. The van der Waals surface area contributed by atoms with E-state index in [0.29, 0.717) is 41.6 Å². The molecule has 0 bridgehead atoms. The first-order valence-corrected chi connectivity index (χ1v) is 9.02. The van der Waals surface area contributed by atoms with E-state index in [1.807, 2.05) is 6.92 Å². The van der Waals surface area contributed by atoms with Crippen LogP contribution < -0.4 is 15.4 Å². The van der Waals surface area contributed by atoms with Crippen molar-refractivity contribution >= 4 is 29.1 Å². The highest BCUT2D eigenvalue weighted by atomic mass is 35.5. The maximum absolute atomic E-state index is 12.6. The molecule has 0 aliphatic carbocycles. The van der Waals surface area contributed by atoms with Crippen LogP contribution in [0, 0.1) is 0 Å². The van der Waals surface area contributed by atoms with Crippen molar-refractivity contribution in [3.8, 4) is 5.75 Å². The van der Waals surface area contributed by atoms with Gasteiger partial charge in [0.25, 0.3) is 11.8 Å². The molecule has 2 N–H and O–H groups in total. The van der Waals surface area contributed by atoms with E-state index in [1.165, 1.54) is 0 Å². The van der Waals surface area contributed by atoms with Crippen molar-refractivity contribution in [1.29, 1.82) is 0 Å². The number of benzene rings is 2. The summed E-state index contributed by atoms with van der Waals surface area (Å²) >= 11 is 5.86. The second-order valence-electron chi connectivity index (χ2n) is 5.75. The summed E-state index contributed by atoms with van der Waals surface area (Å²) in [5, 5.41) is 6.12. The molecule has 6 nitrogen and oxygen atoms in total. The van der Waals surface area contributed by atoms with Gasteiger partial charge in [-0.3, -0.25) is 9.59 Å².